The van der Waals surface area contributed by atoms with Gasteiger partial charge in [-0.25, -0.2) is 8.42 Å². The highest BCUT2D eigenvalue weighted by Gasteiger charge is 2.38. The smallest absolute Gasteiger partial charge is 0.316 e. The SMILES string of the molecule is CCN(CC(F)(F)F)S(=O)(=O)c1n[nH]c(C)c1CNC. The van der Waals surface area contributed by atoms with Gasteiger partial charge in [0, 0.05) is 24.3 Å². The summed E-state index contributed by atoms with van der Waals surface area (Å²) in [4.78, 5) is 0. The molecule has 1 aromatic rings. The Kier molecular flexibility index (Phi) is 5.16. The number of aromatic nitrogens is 2. The average molecular weight is 314 g/mol. The molecule has 20 heavy (non-hydrogen) atoms. The third kappa shape index (κ3) is 3.70. The third-order valence-corrected chi connectivity index (χ3v) is 4.58. The fraction of sp³-hybridized carbons (Fsp3) is 0.700. The molecule has 1 heterocycles. The van der Waals surface area contributed by atoms with Gasteiger partial charge in [-0.1, -0.05) is 6.92 Å². The quantitative estimate of drug-likeness (QED) is 0.821. The Morgan fingerprint density at radius 3 is 2.45 bits per heavy atom. The number of hydrogen-bond donors (Lipinski definition) is 2. The lowest BCUT2D eigenvalue weighted by atomic mass is 10.3. The standard InChI is InChI=1S/C10H17F3N4O2S/c1-4-17(6-10(11,12)13)20(18,19)9-8(5-14-3)7(2)15-16-9/h14H,4-6H2,1-3H3,(H,15,16). The van der Waals surface area contributed by atoms with Gasteiger partial charge in [0.2, 0.25) is 0 Å². The van der Waals surface area contributed by atoms with Crippen molar-refractivity contribution in [3.63, 3.8) is 0 Å². The molecule has 0 spiro atoms. The number of aryl methyl sites for hydroxylation is 1. The van der Waals surface area contributed by atoms with E-state index in [1.165, 1.54) is 6.92 Å². The van der Waals surface area contributed by atoms with Crippen LogP contribution in [0.2, 0.25) is 0 Å². The largest absolute Gasteiger partial charge is 0.402 e. The Morgan fingerprint density at radius 2 is 2.00 bits per heavy atom. The van der Waals surface area contributed by atoms with Gasteiger partial charge in [0.15, 0.2) is 5.03 Å². The molecule has 0 radical (unpaired) electrons. The van der Waals surface area contributed by atoms with Crippen LogP contribution in [0.15, 0.2) is 5.03 Å². The number of sulfonamides is 1. The number of rotatable bonds is 6. The predicted octanol–water partition coefficient (Wildman–Crippen LogP) is 1.01. The van der Waals surface area contributed by atoms with E-state index in [-0.39, 0.29) is 18.1 Å². The number of alkyl halides is 3. The number of aromatic amines is 1. The van der Waals surface area contributed by atoms with Crippen LogP contribution in [-0.2, 0) is 16.6 Å². The van der Waals surface area contributed by atoms with Crippen LogP contribution in [-0.4, -0.2) is 49.2 Å². The first-order valence-corrected chi connectivity index (χ1v) is 7.32. The van der Waals surface area contributed by atoms with Crippen molar-refractivity contribution in [2.75, 3.05) is 20.1 Å². The molecule has 0 atom stereocenters. The van der Waals surface area contributed by atoms with Crippen molar-refractivity contribution in [3.05, 3.63) is 11.3 Å². The van der Waals surface area contributed by atoms with Crippen LogP contribution in [0, 0.1) is 6.92 Å². The van der Waals surface area contributed by atoms with Crippen molar-refractivity contribution in [1.82, 2.24) is 19.8 Å². The lowest BCUT2D eigenvalue weighted by molar-refractivity contribution is -0.135. The minimum Gasteiger partial charge on any atom is -0.316 e. The molecule has 0 amide bonds. The van der Waals surface area contributed by atoms with E-state index in [4.69, 9.17) is 0 Å². The van der Waals surface area contributed by atoms with E-state index in [2.05, 4.69) is 15.5 Å². The minimum atomic E-state index is -4.60. The van der Waals surface area contributed by atoms with Crippen LogP contribution in [0.5, 0.6) is 0 Å². The molecular formula is C10H17F3N4O2S. The summed E-state index contributed by atoms with van der Waals surface area (Å²) in [6.45, 7) is 1.34. The van der Waals surface area contributed by atoms with Gasteiger partial charge in [-0.15, -0.1) is 0 Å². The Labute approximate surface area is 115 Å². The highest BCUT2D eigenvalue weighted by molar-refractivity contribution is 7.89. The molecule has 6 nitrogen and oxygen atoms in total. The molecular weight excluding hydrogens is 297 g/mol. The van der Waals surface area contributed by atoms with E-state index in [1.54, 1.807) is 14.0 Å². The van der Waals surface area contributed by atoms with Gasteiger partial charge >= 0.3 is 6.18 Å². The Balaban J connectivity index is 3.21. The van der Waals surface area contributed by atoms with Crippen molar-refractivity contribution in [2.24, 2.45) is 0 Å². The lowest BCUT2D eigenvalue weighted by Crippen LogP contribution is -2.39. The molecule has 2 N–H and O–H groups in total. The zero-order valence-electron chi connectivity index (χ0n) is 11.4. The number of nitrogens with zero attached hydrogens (tertiary/aromatic N) is 2. The Bertz CT molecular complexity index is 553. The van der Waals surface area contributed by atoms with Gasteiger partial charge in [-0.3, -0.25) is 5.10 Å². The average Bonchev–Trinajstić information content (AvgIpc) is 2.68. The van der Waals surface area contributed by atoms with Crippen LogP contribution in [0.4, 0.5) is 13.2 Å². The fourth-order valence-corrected chi connectivity index (χ4v) is 3.32. The van der Waals surface area contributed by atoms with E-state index in [0.29, 0.717) is 15.6 Å². The lowest BCUT2D eigenvalue weighted by Gasteiger charge is -2.21. The predicted molar refractivity (Wildman–Crippen MR) is 66.6 cm³/mol. The van der Waals surface area contributed by atoms with Crippen LogP contribution < -0.4 is 5.32 Å². The number of nitrogens with one attached hydrogen (secondary N) is 2. The first kappa shape index (κ1) is 16.9. The summed E-state index contributed by atoms with van der Waals surface area (Å²) in [5.41, 5.74) is 0.842. The molecule has 0 aliphatic rings. The maximum absolute atomic E-state index is 12.4. The van der Waals surface area contributed by atoms with Crippen molar-refractivity contribution in [2.45, 2.75) is 31.6 Å². The van der Waals surface area contributed by atoms with Crippen LogP contribution in [0.1, 0.15) is 18.2 Å². The van der Waals surface area contributed by atoms with E-state index in [1.807, 2.05) is 0 Å². The van der Waals surface area contributed by atoms with Gasteiger partial charge in [0.05, 0.1) is 0 Å². The number of halogens is 3. The molecule has 10 heteroatoms. The molecule has 0 saturated carbocycles. The highest BCUT2D eigenvalue weighted by Crippen LogP contribution is 2.24. The molecule has 0 fully saturated rings. The summed E-state index contributed by atoms with van der Waals surface area (Å²) < 4.78 is 62.2. The summed E-state index contributed by atoms with van der Waals surface area (Å²) >= 11 is 0. The van der Waals surface area contributed by atoms with E-state index < -0.39 is 22.7 Å². The van der Waals surface area contributed by atoms with Crippen LogP contribution in [0.25, 0.3) is 0 Å². The van der Waals surface area contributed by atoms with Gasteiger partial charge in [-0.2, -0.15) is 22.6 Å². The van der Waals surface area contributed by atoms with Crippen LogP contribution >= 0.6 is 0 Å². The first-order valence-electron chi connectivity index (χ1n) is 5.88. The zero-order chi connectivity index (χ0) is 15.6. The molecule has 0 bridgehead atoms. The molecule has 0 aromatic carbocycles. The van der Waals surface area contributed by atoms with Gasteiger partial charge in [0.25, 0.3) is 10.0 Å². The van der Waals surface area contributed by atoms with Gasteiger partial charge < -0.3 is 5.32 Å². The molecule has 1 rings (SSSR count). The number of H-pyrrole nitrogens is 1. The van der Waals surface area contributed by atoms with E-state index >= 15 is 0 Å². The number of hydrogen-bond acceptors (Lipinski definition) is 4. The minimum absolute atomic E-state index is 0.195. The molecule has 0 aliphatic carbocycles. The summed E-state index contributed by atoms with van der Waals surface area (Å²) in [7, 11) is -2.68. The topological polar surface area (TPSA) is 78.1 Å². The second-order valence-electron chi connectivity index (χ2n) is 4.21. The second-order valence-corrected chi connectivity index (χ2v) is 6.06. The van der Waals surface area contributed by atoms with Crippen molar-refractivity contribution in [1.29, 1.82) is 0 Å². The third-order valence-electron chi connectivity index (χ3n) is 2.68. The first-order chi connectivity index (χ1) is 9.13. The van der Waals surface area contributed by atoms with E-state index in [0.717, 1.165) is 0 Å². The molecule has 0 aliphatic heterocycles. The van der Waals surface area contributed by atoms with Gasteiger partial charge in [-0.05, 0) is 14.0 Å². The maximum Gasteiger partial charge on any atom is 0.402 e. The van der Waals surface area contributed by atoms with Gasteiger partial charge in [0.1, 0.15) is 6.54 Å². The Hall–Kier alpha value is -1.13. The zero-order valence-corrected chi connectivity index (χ0v) is 12.2. The van der Waals surface area contributed by atoms with Crippen molar-refractivity contribution in [3.8, 4) is 0 Å². The van der Waals surface area contributed by atoms with Crippen molar-refractivity contribution >= 4 is 10.0 Å². The monoisotopic (exact) mass is 314 g/mol. The molecule has 0 unspecified atom stereocenters. The maximum atomic E-state index is 12.4. The van der Waals surface area contributed by atoms with E-state index in [9.17, 15) is 21.6 Å². The summed E-state index contributed by atoms with van der Waals surface area (Å²) in [6, 6.07) is 0. The Morgan fingerprint density at radius 1 is 1.40 bits per heavy atom. The molecule has 116 valence electrons. The second kappa shape index (κ2) is 6.10. The van der Waals surface area contributed by atoms with Crippen LogP contribution in [0.3, 0.4) is 0 Å². The fourth-order valence-electron chi connectivity index (χ4n) is 1.72. The normalized spacial score (nSPS) is 13.2. The van der Waals surface area contributed by atoms with Crippen molar-refractivity contribution < 1.29 is 21.6 Å². The summed E-state index contributed by atoms with van der Waals surface area (Å²) in [5.74, 6) is 0. The molecule has 1 aromatic heterocycles. The summed E-state index contributed by atoms with van der Waals surface area (Å²) in [5, 5.41) is 8.53. The molecule has 0 saturated heterocycles. The summed E-state index contributed by atoms with van der Waals surface area (Å²) in [6.07, 6.45) is -4.60. The highest BCUT2D eigenvalue weighted by atomic mass is 32.2.